The van der Waals surface area contributed by atoms with E-state index in [9.17, 15) is 35.2 Å². The lowest BCUT2D eigenvalue weighted by molar-refractivity contribution is 0.346. The van der Waals surface area contributed by atoms with Gasteiger partial charge in [0.15, 0.2) is 0 Å². The first kappa shape index (κ1) is 31.0. The molecule has 4 aromatic carbocycles. The van der Waals surface area contributed by atoms with Gasteiger partial charge in [0.05, 0.1) is 18.3 Å². The van der Waals surface area contributed by atoms with Crippen molar-refractivity contribution in [2.24, 2.45) is 0 Å². The number of hydrogen-bond acceptors (Lipinski definition) is 5. The summed E-state index contributed by atoms with van der Waals surface area (Å²) < 4.78 is 121. The fourth-order valence-electron chi connectivity index (χ4n) is 4.56. The van der Waals surface area contributed by atoms with Crippen LogP contribution in [-0.2, 0) is 10.1 Å². The molecule has 1 aromatic heterocycles. The Balaban J connectivity index is 1.66. The number of nitrogens with zero attached hydrogens (tertiary/aromatic N) is 1. The Morgan fingerprint density at radius 2 is 1.41 bits per heavy atom. The maximum atomic E-state index is 15.5. The summed E-state index contributed by atoms with van der Waals surface area (Å²) in [6.45, 7) is 3.15. The molecule has 0 saturated heterocycles. The van der Waals surface area contributed by atoms with E-state index in [-0.39, 0.29) is 33.5 Å². The molecule has 14 heteroatoms. The molecule has 1 heterocycles. The van der Waals surface area contributed by atoms with Crippen LogP contribution in [0.15, 0.2) is 64.3 Å². The van der Waals surface area contributed by atoms with Gasteiger partial charge in [-0.1, -0.05) is 17.7 Å². The van der Waals surface area contributed by atoms with Crippen LogP contribution in [0, 0.1) is 48.8 Å². The van der Waals surface area contributed by atoms with Gasteiger partial charge in [0.1, 0.15) is 16.5 Å². The van der Waals surface area contributed by atoms with E-state index in [0.29, 0.717) is 16.1 Å². The lowest BCUT2D eigenvalue weighted by Crippen LogP contribution is -2.22. The van der Waals surface area contributed by atoms with E-state index in [1.54, 1.807) is 25.1 Å². The fraction of sp³-hybridized carbons (Fsp3) is 0.100. The predicted octanol–water partition coefficient (Wildman–Crippen LogP) is 7.54. The van der Waals surface area contributed by atoms with Gasteiger partial charge in [0, 0.05) is 27.6 Å². The summed E-state index contributed by atoms with van der Waals surface area (Å²) in [4.78, 5) is 12.6. The molecule has 6 nitrogen and oxygen atoms in total. The molecule has 0 unspecified atom stereocenters. The van der Waals surface area contributed by atoms with Crippen LogP contribution in [-0.4, -0.2) is 20.1 Å². The van der Waals surface area contributed by atoms with Crippen LogP contribution in [0.3, 0.4) is 0 Å². The van der Waals surface area contributed by atoms with Crippen LogP contribution in [0.5, 0.6) is 11.5 Å². The molecular weight excluding hydrogens is 636 g/mol. The molecule has 44 heavy (non-hydrogen) atoms. The van der Waals surface area contributed by atoms with Crippen LogP contribution in [0.4, 0.5) is 26.3 Å². The highest BCUT2D eigenvalue weighted by Gasteiger charge is 2.31. The van der Waals surface area contributed by atoms with E-state index in [4.69, 9.17) is 16.3 Å². The average Bonchev–Trinajstić information content (AvgIpc) is 2.99. The Hall–Kier alpha value is -4.49. The van der Waals surface area contributed by atoms with Gasteiger partial charge in [0.2, 0.25) is 34.8 Å². The topological polar surface area (TPSA) is 74.6 Å². The predicted molar refractivity (Wildman–Crippen MR) is 150 cm³/mol. The zero-order valence-corrected chi connectivity index (χ0v) is 24.3. The summed E-state index contributed by atoms with van der Waals surface area (Å²) in [6.07, 6.45) is 0. The number of hydrogen-bond donors (Lipinski definition) is 0. The van der Waals surface area contributed by atoms with Crippen molar-refractivity contribution in [3.8, 4) is 28.3 Å². The second-order valence-corrected chi connectivity index (χ2v) is 11.5. The maximum absolute atomic E-state index is 15.5. The van der Waals surface area contributed by atoms with Crippen LogP contribution in [0.1, 0.15) is 11.1 Å². The summed E-state index contributed by atoms with van der Waals surface area (Å²) in [5, 5.41) is 0.540. The van der Waals surface area contributed by atoms with Crippen molar-refractivity contribution >= 4 is 32.6 Å². The van der Waals surface area contributed by atoms with E-state index < -0.39 is 61.2 Å². The second kappa shape index (κ2) is 11.2. The number of methoxy groups -OCH3 is 1. The van der Waals surface area contributed by atoms with Crippen LogP contribution in [0.2, 0.25) is 5.02 Å². The Labute approximate surface area is 250 Å². The van der Waals surface area contributed by atoms with Gasteiger partial charge in [-0.25, -0.2) is 17.6 Å². The van der Waals surface area contributed by atoms with E-state index in [1.807, 2.05) is 0 Å². The van der Waals surface area contributed by atoms with E-state index in [2.05, 4.69) is 4.18 Å². The van der Waals surface area contributed by atoms with Crippen molar-refractivity contribution in [3.05, 3.63) is 116 Å². The van der Waals surface area contributed by atoms with Crippen molar-refractivity contribution in [2.75, 3.05) is 7.11 Å². The lowest BCUT2D eigenvalue weighted by atomic mass is 10.0. The second-order valence-electron chi connectivity index (χ2n) is 9.59. The van der Waals surface area contributed by atoms with Gasteiger partial charge < -0.3 is 8.92 Å². The fourth-order valence-corrected chi connectivity index (χ4v) is 5.64. The number of benzene rings is 4. The minimum atomic E-state index is -5.18. The number of pyridine rings is 1. The summed E-state index contributed by atoms with van der Waals surface area (Å²) in [5.41, 5.74) is 0.817. The van der Waals surface area contributed by atoms with Crippen molar-refractivity contribution in [1.82, 2.24) is 4.57 Å². The number of ether oxygens (including phenoxy) is 1. The molecular formula is C30H18ClF6NO5S. The number of aromatic nitrogens is 1. The summed E-state index contributed by atoms with van der Waals surface area (Å²) >= 11 is 6.09. The molecule has 0 aliphatic rings. The molecule has 0 saturated carbocycles. The Kier molecular flexibility index (Phi) is 7.89. The van der Waals surface area contributed by atoms with Gasteiger partial charge in [-0.05, 0) is 67.4 Å². The molecule has 0 aliphatic carbocycles. The molecule has 0 spiro atoms. The largest absolute Gasteiger partial charge is 0.495 e. The van der Waals surface area contributed by atoms with Gasteiger partial charge >= 0.3 is 10.1 Å². The third-order valence-electron chi connectivity index (χ3n) is 6.78. The number of rotatable bonds is 6. The first-order valence-corrected chi connectivity index (χ1v) is 14.2. The molecule has 0 bridgehead atoms. The normalized spacial score (nSPS) is 11.7. The Bertz CT molecular complexity index is 2160. The molecule has 0 fully saturated rings. The Morgan fingerprint density at radius 1 is 0.773 bits per heavy atom. The van der Waals surface area contributed by atoms with E-state index in [0.717, 1.165) is 28.8 Å². The van der Waals surface area contributed by atoms with Crippen molar-refractivity contribution < 1.29 is 43.7 Å². The van der Waals surface area contributed by atoms with Gasteiger partial charge in [-0.15, -0.1) is 0 Å². The highest BCUT2D eigenvalue weighted by atomic mass is 35.5. The zero-order valence-electron chi connectivity index (χ0n) is 22.7. The average molecular weight is 654 g/mol. The SMILES string of the molecule is COc1cc(-c2ccc(Cl)c(C)c2)c(F)cc1-n1c(=O)c(C)cc2cc(S(=O)(=O)Oc3c(F)c(F)c(F)c(F)c3F)ccc21. The lowest BCUT2D eigenvalue weighted by Gasteiger charge is -2.18. The van der Waals surface area contributed by atoms with Gasteiger partial charge in [-0.3, -0.25) is 9.36 Å². The minimum Gasteiger partial charge on any atom is -0.495 e. The van der Waals surface area contributed by atoms with Gasteiger partial charge in [0.25, 0.3) is 5.56 Å². The molecule has 5 aromatic rings. The molecule has 228 valence electrons. The van der Waals surface area contributed by atoms with Crippen molar-refractivity contribution in [2.45, 2.75) is 18.7 Å². The molecule has 0 aliphatic heterocycles. The third-order valence-corrected chi connectivity index (χ3v) is 8.42. The third kappa shape index (κ3) is 5.15. The first-order chi connectivity index (χ1) is 20.7. The molecule has 0 N–H and O–H groups in total. The van der Waals surface area contributed by atoms with Crippen LogP contribution in [0.25, 0.3) is 27.7 Å². The zero-order chi connectivity index (χ0) is 32.2. The van der Waals surface area contributed by atoms with E-state index in [1.165, 1.54) is 26.2 Å². The smallest absolute Gasteiger partial charge is 0.339 e. The first-order valence-electron chi connectivity index (χ1n) is 12.4. The summed E-state index contributed by atoms with van der Waals surface area (Å²) in [6, 6.07) is 11.6. The minimum absolute atomic E-state index is 0.0357. The van der Waals surface area contributed by atoms with Crippen LogP contribution < -0.4 is 14.5 Å². The van der Waals surface area contributed by atoms with Crippen molar-refractivity contribution in [3.63, 3.8) is 0 Å². The molecule has 0 atom stereocenters. The standard InChI is InChI=1S/C30H18ClF6NO5S/c1-13-8-15(4-6-19(13)31)18-11-23(42-3)22(12-20(18)32)38-21-7-5-17(10-16(21)9-14(2)30(38)39)44(40,41)43-29-27(36)25(34)24(33)26(35)28(29)37/h4-12H,1-3H3. The van der Waals surface area contributed by atoms with Crippen molar-refractivity contribution in [1.29, 1.82) is 0 Å². The number of halogens is 7. The molecule has 0 amide bonds. The van der Waals surface area contributed by atoms with Gasteiger partial charge in [-0.2, -0.15) is 17.2 Å². The molecule has 0 radical (unpaired) electrons. The maximum Gasteiger partial charge on any atom is 0.339 e. The van der Waals surface area contributed by atoms with E-state index >= 15 is 4.39 Å². The summed E-state index contributed by atoms with van der Waals surface area (Å²) in [5.74, 6) is -14.9. The number of aryl methyl sites for hydroxylation is 2. The summed E-state index contributed by atoms with van der Waals surface area (Å²) in [7, 11) is -3.87. The highest BCUT2D eigenvalue weighted by Crippen LogP contribution is 2.36. The monoisotopic (exact) mass is 653 g/mol. The molecule has 5 rings (SSSR count). The number of fused-ring (bicyclic) bond motifs is 1. The quantitative estimate of drug-likeness (QED) is 0.0820. The Morgan fingerprint density at radius 3 is 2.02 bits per heavy atom. The van der Waals surface area contributed by atoms with Crippen LogP contribution >= 0.6 is 11.6 Å². The highest BCUT2D eigenvalue weighted by molar-refractivity contribution is 7.87.